The Morgan fingerprint density at radius 1 is 1.35 bits per heavy atom. The van der Waals surface area contributed by atoms with E-state index in [9.17, 15) is 9.50 Å². The summed E-state index contributed by atoms with van der Waals surface area (Å²) < 4.78 is 13.8. The first-order valence-corrected chi connectivity index (χ1v) is 7.80. The number of nitrogens with zero attached hydrogens (tertiary/aromatic N) is 1. The zero-order valence-corrected chi connectivity index (χ0v) is 14.0. The van der Waals surface area contributed by atoms with Gasteiger partial charge in [0.1, 0.15) is 5.82 Å². The summed E-state index contributed by atoms with van der Waals surface area (Å²) in [7, 11) is 0. The third-order valence-corrected chi connectivity index (χ3v) is 4.34. The van der Waals surface area contributed by atoms with Crippen molar-refractivity contribution in [2.45, 2.75) is 26.3 Å². The minimum absolute atomic E-state index is 0.0461. The van der Waals surface area contributed by atoms with Crippen molar-refractivity contribution in [3.63, 3.8) is 0 Å². The van der Waals surface area contributed by atoms with Crippen molar-refractivity contribution >= 4 is 15.9 Å². The van der Waals surface area contributed by atoms with Gasteiger partial charge < -0.3 is 15.3 Å². The molecule has 1 atom stereocenters. The van der Waals surface area contributed by atoms with Crippen LogP contribution in [0.15, 0.2) is 22.7 Å². The molecule has 3 nitrogen and oxygen atoms in total. The molecule has 1 unspecified atom stereocenters. The summed E-state index contributed by atoms with van der Waals surface area (Å²) in [6.07, 6.45) is 0. The Kier molecular flexibility index (Phi) is 7.09. The van der Waals surface area contributed by atoms with E-state index in [1.165, 1.54) is 12.1 Å². The quantitative estimate of drug-likeness (QED) is 0.759. The van der Waals surface area contributed by atoms with Crippen LogP contribution in [-0.2, 0) is 5.54 Å². The van der Waals surface area contributed by atoms with Gasteiger partial charge in [0, 0.05) is 17.6 Å². The maximum atomic E-state index is 13.2. The molecule has 0 amide bonds. The minimum atomic E-state index is -0.584. The second kappa shape index (κ2) is 8.08. The average Bonchev–Trinajstić information content (AvgIpc) is 2.43. The van der Waals surface area contributed by atoms with Crippen LogP contribution in [0.1, 0.15) is 26.3 Å². The maximum absolute atomic E-state index is 13.2. The maximum Gasteiger partial charge on any atom is 0.124 e. The van der Waals surface area contributed by atoms with Crippen LogP contribution in [0.4, 0.5) is 4.39 Å². The summed E-state index contributed by atoms with van der Waals surface area (Å²) in [5.74, 6) is -0.288. The molecule has 0 saturated heterocycles. The molecule has 114 valence electrons. The molecule has 0 bridgehead atoms. The van der Waals surface area contributed by atoms with Crippen LogP contribution >= 0.6 is 15.9 Å². The number of aliphatic hydroxyl groups excluding tert-OH is 1. The highest BCUT2D eigenvalue weighted by molar-refractivity contribution is 9.10. The number of halogens is 2. The van der Waals surface area contributed by atoms with Gasteiger partial charge in [0.15, 0.2) is 0 Å². The molecule has 1 aromatic rings. The fraction of sp³-hybridized carbons (Fsp3) is 0.600. The van der Waals surface area contributed by atoms with Gasteiger partial charge in [0.2, 0.25) is 0 Å². The highest BCUT2D eigenvalue weighted by atomic mass is 79.9. The van der Waals surface area contributed by atoms with Crippen molar-refractivity contribution in [2.75, 3.05) is 32.8 Å². The van der Waals surface area contributed by atoms with E-state index in [0.29, 0.717) is 4.47 Å². The molecule has 1 aromatic carbocycles. The van der Waals surface area contributed by atoms with Gasteiger partial charge in [0.25, 0.3) is 0 Å². The smallest absolute Gasteiger partial charge is 0.124 e. The molecule has 0 aliphatic heterocycles. The number of rotatable bonds is 8. The Morgan fingerprint density at radius 2 is 2.00 bits per heavy atom. The summed E-state index contributed by atoms with van der Waals surface area (Å²) in [5.41, 5.74) is 0.278. The Hall–Kier alpha value is -0.490. The number of benzene rings is 1. The summed E-state index contributed by atoms with van der Waals surface area (Å²) >= 11 is 3.37. The predicted octanol–water partition coefficient (Wildman–Crippen LogP) is 2.73. The third-order valence-electron chi connectivity index (χ3n) is 3.68. The SMILES string of the molecule is CCN(CC)CCNC(C)(CO)c1ccc(F)cc1Br. The Morgan fingerprint density at radius 3 is 2.50 bits per heavy atom. The predicted molar refractivity (Wildman–Crippen MR) is 84.3 cm³/mol. The molecule has 0 aromatic heterocycles. The number of nitrogens with one attached hydrogen (secondary N) is 1. The van der Waals surface area contributed by atoms with Crippen LogP contribution in [0.25, 0.3) is 0 Å². The fourth-order valence-corrected chi connectivity index (χ4v) is 2.99. The van der Waals surface area contributed by atoms with Crippen molar-refractivity contribution in [3.05, 3.63) is 34.1 Å². The van der Waals surface area contributed by atoms with E-state index in [0.717, 1.165) is 31.7 Å². The molecule has 0 spiro atoms. The largest absolute Gasteiger partial charge is 0.394 e. The minimum Gasteiger partial charge on any atom is -0.394 e. The van der Waals surface area contributed by atoms with Gasteiger partial charge in [-0.2, -0.15) is 0 Å². The number of aliphatic hydroxyl groups is 1. The van der Waals surface area contributed by atoms with Gasteiger partial charge in [-0.1, -0.05) is 35.8 Å². The van der Waals surface area contributed by atoms with Gasteiger partial charge in [-0.3, -0.25) is 0 Å². The first-order valence-electron chi connectivity index (χ1n) is 7.00. The van der Waals surface area contributed by atoms with Crippen LogP contribution in [0, 0.1) is 5.82 Å². The lowest BCUT2D eigenvalue weighted by atomic mass is 9.93. The topological polar surface area (TPSA) is 35.5 Å². The highest BCUT2D eigenvalue weighted by Gasteiger charge is 2.27. The zero-order chi connectivity index (χ0) is 15.2. The van der Waals surface area contributed by atoms with Crippen LogP contribution in [0.3, 0.4) is 0 Å². The number of likely N-dealkylation sites (N-methyl/N-ethyl adjacent to an activating group) is 1. The molecule has 20 heavy (non-hydrogen) atoms. The molecule has 5 heteroatoms. The Balaban J connectivity index is 2.76. The summed E-state index contributed by atoms with van der Waals surface area (Å²) in [4.78, 5) is 2.31. The standard InChI is InChI=1S/C15H24BrFN2O/c1-4-19(5-2)9-8-18-15(3,11-20)13-7-6-12(17)10-14(13)16/h6-7,10,18,20H,4-5,8-9,11H2,1-3H3. The van der Waals surface area contributed by atoms with E-state index in [-0.39, 0.29) is 12.4 Å². The van der Waals surface area contributed by atoms with Crippen molar-refractivity contribution in [3.8, 4) is 0 Å². The molecule has 1 rings (SSSR count). The third kappa shape index (κ3) is 4.52. The number of hydrogen-bond acceptors (Lipinski definition) is 3. The highest BCUT2D eigenvalue weighted by Crippen LogP contribution is 2.28. The van der Waals surface area contributed by atoms with Crippen LogP contribution in [0.2, 0.25) is 0 Å². The molecular formula is C15H24BrFN2O. The van der Waals surface area contributed by atoms with Crippen LogP contribution in [-0.4, -0.2) is 42.8 Å². The second-order valence-corrected chi connectivity index (χ2v) is 5.92. The van der Waals surface area contributed by atoms with Gasteiger partial charge in [-0.25, -0.2) is 4.39 Å². The molecule has 0 saturated carbocycles. The molecule has 0 aliphatic rings. The molecular weight excluding hydrogens is 323 g/mol. The first-order chi connectivity index (χ1) is 9.46. The van der Waals surface area contributed by atoms with E-state index in [1.807, 2.05) is 6.92 Å². The van der Waals surface area contributed by atoms with Crippen molar-refractivity contribution in [1.29, 1.82) is 0 Å². The van der Waals surface area contributed by atoms with Crippen LogP contribution < -0.4 is 5.32 Å². The molecule has 0 radical (unpaired) electrons. The van der Waals surface area contributed by atoms with Gasteiger partial charge >= 0.3 is 0 Å². The lowest BCUT2D eigenvalue weighted by molar-refractivity contribution is 0.168. The second-order valence-electron chi connectivity index (χ2n) is 5.07. The Labute approximate surface area is 129 Å². The van der Waals surface area contributed by atoms with Crippen molar-refractivity contribution < 1.29 is 9.50 Å². The first kappa shape index (κ1) is 17.6. The van der Waals surface area contributed by atoms with Gasteiger partial charge in [0.05, 0.1) is 12.1 Å². The monoisotopic (exact) mass is 346 g/mol. The lowest BCUT2D eigenvalue weighted by Gasteiger charge is -2.31. The molecule has 0 aliphatic carbocycles. The van der Waals surface area contributed by atoms with E-state index in [1.54, 1.807) is 6.07 Å². The Bertz CT molecular complexity index is 426. The molecule has 0 fully saturated rings. The normalized spacial score (nSPS) is 14.6. The van der Waals surface area contributed by atoms with E-state index in [4.69, 9.17) is 0 Å². The summed E-state index contributed by atoms with van der Waals surface area (Å²) in [5, 5.41) is 13.1. The van der Waals surface area contributed by atoms with Gasteiger partial charge in [-0.15, -0.1) is 0 Å². The summed E-state index contributed by atoms with van der Waals surface area (Å²) in [6, 6.07) is 4.55. The van der Waals surface area contributed by atoms with E-state index in [2.05, 4.69) is 40.0 Å². The average molecular weight is 347 g/mol. The fourth-order valence-electron chi connectivity index (χ4n) is 2.20. The van der Waals surface area contributed by atoms with E-state index < -0.39 is 5.54 Å². The molecule has 2 N–H and O–H groups in total. The van der Waals surface area contributed by atoms with Crippen molar-refractivity contribution in [2.24, 2.45) is 0 Å². The van der Waals surface area contributed by atoms with Crippen LogP contribution in [0.5, 0.6) is 0 Å². The number of hydrogen-bond donors (Lipinski definition) is 2. The van der Waals surface area contributed by atoms with E-state index >= 15 is 0 Å². The zero-order valence-electron chi connectivity index (χ0n) is 12.4. The molecule has 0 heterocycles. The van der Waals surface area contributed by atoms with Crippen molar-refractivity contribution in [1.82, 2.24) is 10.2 Å². The lowest BCUT2D eigenvalue weighted by Crippen LogP contribution is -2.46. The van der Waals surface area contributed by atoms with Gasteiger partial charge in [-0.05, 0) is 37.7 Å². The summed E-state index contributed by atoms with van der Waals surface area (Å²) in [6.45, 7) is 9.84.